The summed E-state index contributed by atoms with van der Waals surface area (Å²) in [4.78, 5) is 16.5. The Morgan fingerprint density at radius 2 is 2.33 bits per heavy atom. The van der Waals surface area contributed by atoms with Crippen molar-refractivity contribution in [2.24, 2.45) is 0 Å². The lowest BCUT2D eigenvalue weighted by Gasteiger charge is -2.38. The minimum absolute atomic E-state index is 0.0177. The molecule has 18 heavy (non-hydrogen) atoms. The Labute approximate surface area is 112 Å². The van der Waals surface area contributed by atoms with Gasteiger partial charge in [0.05, 0.1) is 17.2 Å². The van der Waals surface area contributed by atoms with Gasteiger partial charge in [0.1, 0.15) is 5.15 Å². The third kappa shape index (κ3) is 2.03. The van der Waals surface area contributed by atoms with Gasteiger partial charge in [-0.05, 0) is 31.4 Å². The van der Waals surface area contributed by atoms with Crippen LogP contribution in [0.2, 0.25) is 5.15 Å². The van der Waals surface area contributed by atoms with E-state index in [9.17, 15) is 4.79 Å². The zero-order valence-electron chi connectivity index (χ0n) is 10.7. The number of fused-ring (bicyclic) bond motifs is 1. The molecule has 0 aromatic carbocycles. The number of rotatable bonds is 3. The number of nitrogens with zero attached hydrogens (tertiary/aromatic N) is 1. The summed E-state index contributed by atoms with van der Waals surface area (Å²) in [6, 6.07) is 3.72. The van der Waals surface area contributed by atoms with E-state index >= 15 is 0 Å². The Kier molecular flexibility index (Phi) is 3.44. The predicted molar refractivity (Wildman–Crippen MR) is 72.6 cm³/mol. The van der Waals surface area contributed by atoms with Crippen LogP contribution in [0.25, 0.3) is 0 Å². The summed E-state index contributed by atoms with van der Waals surface area (Å²) in [7, 11) is 0. The quantitative estimate of drug-likeness (QED) is 0.673. The van der Waals surface area contributed by atoms with Crippen molar-refractivity contribution in [3.8, 4) is 0 Å². The van der Waals surface area contributed by atoms with Gasteiger partial charge in [0.2, 0.25) is 5.91 Å². The Balaban J connectivity index is 2.60. The lowest BCUT2D eigenvalue weighted by Crippen LogP contribution is -2.50. The standard InChI is InChI=1S/C14H17ClN2O/c1-4-8-14(3)10-6-7-11(15)16-12(10)9(5-2)13(18)17-14/h4,6-7,9H,1,5,8H2,2-3H3,(H,17,18)/t9-,14?/m0/s1. The van der Waals surface area contributed by atoms with E-state index in [2.05, 4.69) is 16.9 Å². The summed E-state index contributed by atoms with van der Waals surface area (Å²) in [5.74, 6) is -0.194. The Bertz CT molecular complexity index is 501. The van der Waals surface area contributed by atoms with Crippen LogP contribution in [-0.2, 0) is 10.3 Å². The highest BCUT2D eigenvalue weighted by Crippen LogP contribution is 2.37. The number of hydrogen-bond acceptors (Lipinski definition) is 2. The third-order valence-electron chi connectivity index (χ3n) is 3.49. The molecule has 96 valence electrons. The molecular formula is C14H17ClN2O. The first-order valence-electron chi connectivity index (χ1n) is 6.11. The highest BCUT2D eigenvalue weighted by molar-refractivity contribution is 6.29. The maximum absolute atomic E-state index is 12.2. The minimum atomic E-state index is -0.433. The van der Waals surface area contributed by atoms with Gasteiger partial charge in [0.15, 0.2) is 0 Å². The van der Waals surface area contributed by atoms with Crippen molar-refractivity contribution in [3.05, 3.63) is 41.2 Å². The van der Waals surface area contributed by atoms with E-state index < -0.39 is 5.54 Å². The number of carbonyl (C=O) groups excluding carboxylic acids is 1. The number of nitrogens with one attached hydrogen (secondary N) is 1. The van der Waals surface area contributed by atoms with E-state index in [1.54, 1.807) is 6.07 Å². The van der Waals surface area contributed by atoms with Gasteiger partial charge in [-0.25, -0.2) is 4.98 Å². The number of pyridine rings is 1. The normalized spacial score (nSPS) is 26.4. The fourth-order valence-corrected chi connectivity index (χ4v) is 2.72. The molecule has 0 saturated carbocycles. The molecule has 0 radical (unpaired) electrons. The van der Waals surface area contributed by atoms with Gasteiger partial charge in [0.25, 0.3) is 0 Å². The highest BCUT2D eigenvalue weighted by atomic mass is 35.5. The molecule has 3 nitrogen and oxygen atoms in total. The maximum Gasteiger partial charge on any atom is 0.229 e. The second kappa shape index (κ2) is 4.73. The average molecular weight is 265 g/mol. The third-order valence-corrected chi connectivity index (χ3v) is 3.70. The summed E-state index contributed by atoms with van der Waals surface area (Å²) in [6.07, 6.45) is 3.20. The van der Waals surface area contributed by atoms with E-state index in [0.29, 0.717) is 11.6 Å². The molecule has 1 aromatic rings. The van der Waals surface area contributed by atoms with Crippen molar-refractivity contribution in [3.63, 3.8) is 0 Å². The lowest BCUT2D eigenvalue weighted by atomic mass is 9.79. The summed E-state index contributed by atoms with van der Waals surface area (Å²) in [5, 5.41) is 3.51. The molecule has 1 unspecified atom stereocenters. The molecule has 1 N–H and O–H groups in total. The summed E-state index contributed by atoms with van der Waals surface area (Å²) >= 11 is 5.95. The van der Waals surface area contributed by atoms with Gasteiger partial charge >= 0.3 is 0 Å². The Morgan fingerprint density at radius 3 is 2.94 bits per heavy atom. The SMILES string of the molecule is C=CCC1(C)NC(=O)[C@@H](CC)c2nc(Cl)ccc21. The van der Waals surface area contributed by atoms with Crippen LogP contribution in [0.1, 0.15) is 43.9 Å². The summed E-state index contributed by atoms with van der Waals surface area (Å²) in [5.41, 5.74) is 1.41. The average Bonchev–Trinajstić information content (AvgIpc) is 2.28. The number of aromatic nitrogens is 1. The summed E-state index contributed by atoms with van der Waals surface area (Å²) in [6.45, 7) is 7.73. The van der Waals surface area contributed by atoms with Gasteiger partial charge in [-0.3, -0.25) is 4.79 Å². The van der Waals surface area contributed by atoms with Gasteiger partial charge in [0, 0.05) is 0 Å². The molecular weight excluding hydrogens is 248 g/mol. The van der Waals surface area contributed by atoms with Crippen molar-refractivity contribution < 1.29 is 4.79 Å². The Hall–Kier alpha value is -1.35. The molecule has 0 spiro atoms. The zero-order chi connectivity index (χ0) is 13.3. The smallest absolute Gasteiger partial charge is 0.229 e. The molecule has 1 aliphatic heterocycles. The van der Waals surface area contributed by atoms with Crippen molar-refractivity contribution in [1.82, 2.24) is 10.3 Å². The van der Waals surface area contributed by atoms with Crippen molar-refractivity contribution in [2.45, 2.75) is 38.1 Å². The molecule has 4 heteroatoms. The number of carbonyl (C=O) groups is 1. The zero-order valence-corrected chi connectivity index (χ0v) is 11.4. The molecule has 0 bridgehead atoms. The van der Waals surface area contributed by atoms with Crippen LogP contribution < -0.4 is 5.32 Å². The molecule has 2 heterocycles. The van der Waals surface area contributed by atoms with Gasteiger partial charge in [-0.1, -0.05) is 30.7 Å². The monoisotopic (exact) mass is 264 g/mol. The van der Waals surface area contributed by atoms with Gasteiger partial charge < -0.3 is 5.32 Å². The van der Waals surface area contributed by atoms with Crippen LogP contribution in [0.4, 0.5) is 0 Å². The first-order chi connectivity index (χ1) is 8.51. The molecule has 2 atom stereocenters. The van der Waals surface area contributed by atoms with Crippen molar-refractivity contribution in [2.75, 3.05) is 0 Å². The molecule has 0 saturated heterocycles. The first-order valence-corrected chi connectivity index (χ1v) is 6.49. The predicted octanol–water partition coefficient (Wildman–Crippen LogP) is 3.15. The van der Waals surface area contributed by atoms with E-state index in [1.807, 2.05) is 26.0 Å². The molecule has 1 amide bonds. The minimum Gasteiger partial charge on any atom is -0.346 e. The lowest BCUT2D eigenvalue weighted by molar-refractivity contribution is -0.125. The van der Waals surface area contributed by atoms with Crippen LogP contribution in [0, 0.1) is 0 Å². The van der Waals surface area contributed by atoms with Crippen LogP contribution >= 0.6 is 11.6 Å². The number of hydrogen-bond donors (Lipinski definition) is 1. The molecule has 1 aliphatic rings. The topological polar surface area (TPSA) is 42.0 Å². The molecule has 0 aliphatic carbocycles. The van der Waals surface area contributed by atoms with E-state index in [0.717, 1.165) is 17.7 Å². The molecule has 2 rings (SSSR count). The maximum atomic E-state index is 12.2. The van der Waals surface area contributed by atoms with Gasteiger partial charge in [-0.2, -0.15) is 0 Å². The molecule has 1 aromatic heterocycles. The van der Waals surface area contributed by atoms with E-state index in [-0.39, 0.29) is 11.8 Å². The second-order valence-electron chi connectivity index (χ2n) is 4.84. The largest absolute Gasteiger partial charge is 0.346 e. The first kappa shape index (κ1) is 13.1. The summed E-state index contributed by atoms with van der Waals surface area (Å²) < 4.78 is 0. The Morgan fingerprint density at radius 1 is 1.61 bits per heavy atom. The van der Waals surface area contributed by atoms with Crippen LogP contribution in [-0.4, -0.2) is 10.9 Å². The molecule has 0 fully saturated rings. The number of halogens is 1. The van der Waals surface area contributed by atoms with Crippen molar-refractivity contribution in [1.29, 1.82) is 0 Å². The van der Waals surface area contributed by atoms with E-state index in [4.69, 9.17) is 11.6 Å². The fraction of sp³-hybridized carbons (Fsp3) is 0.429. The van der Waals surface area contributed by atoms with Gasteiger partial charge in [-0.15, -0.1) is 6.58 Å². The van der Waals surface area contributed by atoms with Crippen molar-refractivity contribution >= 4 is 17.5 Å². The van der Waals surface area contributed by atoms with E-state index in [1.165, 1.54) is 0 Å². The highest BCUT2D eigenvalue weighted by Gasteiger charge is 2.40. The van der Waals surface area contributed by atoms with Crippen LogP contribution in [0.5, 0.6) is 0 Å². The second-order valence-corrected chi connectivity index (χ2v) is 5.23. The number of amides is 1. The fourth-order valence-electron chi connectivity index (χ4n) is 2.56. The van der Waals surface area contributed by atoms with Crippen LogP contribution in [0.3, 0.4) is 0 Å². The van der Waals surface area contributed by atoms with Crippen LogP contribution in [0.15, 0.2) is 24.8 Å².